The summed E-state index contributed by atoms with van der Waals surface area (Å²) in [5, 5.41) is 15.7. The minimum atomic E-state index is -0.517. The molecule has 0 N–H and O–H groups in total. The van der Waals surface area contributed by atoms with E-state index in [4.69, 9.17) is 4.74 Å². The van der Waals surface area contributed by atoms with Gasteiger partial charge >= 0.3 is 0 Å². The topological polar surface area (TPSA) is 108 Å². The van der Waals surface area contributed by atoms with Gasteiger partial charge in [0.1, 0.15) is 17.5 Å². The van der Waals surface area contributed by atoms with Crippen LogP contribution in [0.3, 0.4) is 0 Å². The van der Waals surface area contributed by atoms with E-state index in [1.165, 1.54) is 22.9 Å². The number of aromatic nitrogens is 2. The lowest BCUT2D eigenvalue weighted by Gasteiger charge is -2.32. The maximum absolute atomic E-state index is 13.2. The van der Waals surface area contributed by atoms with Crippen molar-refractivity contribution in [3.8, 4) is 11.4 Å². The van der Waals surface area contributed by atoms with Crippen LogP contribution in [0.2, 0.25) is 0 Å². The molecule has 0 aliphatic carbocycles. The van der Waals surface area contributed by atoms with Crippen molar-refractivity contribution >= 4 is 11.6 Å². The van der Waals surface area contributed by atoms with Crippen LogP contribution in [0.1, 0.15) is 40.2 Å². The third-order valence-corrected chi connectivity index (χ3v) is 6.04. The van der Waals surface area contributed by atoms with E-state index >= 15 is 0 Å². The largest absolute Gasteiger partial charge is 0.490 e. The lowest BCUT2D eigenvalue weighted by molar-refractivity contribution is -0.384. The highest BCUT2D eigenvalue weighted by Crippen LogP contribution is 2.27. The van der Waals surface area contributed by atoms with Crippen molar-refractivity contribution in [1.82, 2.24) is 14.7 Å². The third kappa shape index (κ3) is 4.54. The first-order valence-corrected chi connectivity index (χ1v) is 11.1. The van der Waals surface area contributed by atoms with Crippen LogP contribution in [-0.4, -0.2) is 44.7 Å². The molecule has 1 aliphatic heterocycles. The summed E-state index contributed by atoms with van der Waals surface area (Å²) in [5.74, 6) is 0.391. The quantitative estimate of drug-likeness (QED) is 0.422. The number of hydrogen-bond donors (Lipinski definition) is 0. The number of nitrogens with zero attached hydrogens (tertiary/aromatic N) is 4. The van der Waals surface area contributed by atoms with Crippen LogP contribution in [0, 0.1) is 30.9 Å². The normalized spacial score (nSPS) is 14.1. The highest BCUT2D eigenvalue weighted by molar-refractivity contribution is 5.92. The molecule has 0 atom stereocenters. The molecule has 0 spiro atoms. The van der Waals surface area contributed by atoms with Crippen molar-refractivity contribution in [3.63, 3.8) is 0 Å². The Morgan fingerprint density at radius 3 is 2.35 bits per heavy atom. The Hall–Kier alpha value is -4.01. The number of amides is 1. The zero-order valence-electron chi connectivity index (χ0n) is 19.4. The van der Waals surface area contributed by atoms with Gasteiger partial charge in [0.05, 0.1) is 4.92 Å². The van der Waals surface area contributed by atoms with Crippen molar-refractivity contribution in [2.75, 3.05) is 13.1 Å². The summed E-state index contributed by atoms with van der Waals surface area (Å²) in [6.45, 7) is 6.48. The number of nitro groups is 1. The predicted molar refractivity (Wildman–Crippen MR) is 127 cm³/mol. The van der Waals surface area contributed by atoms with Gasteiger partial charge in [0.2, 0.25) is 5.43 Å². The Morgan fingerprint density at radius 1 is 1.06 bits per heavy atom. The van der Waals surface area contributed by atoms with Gasteiger partial charge in [-0.05, 0) is 38.0 Å². The summed E-state index contributed by atoms with van der Waals surface area (Å²) < 4.78 is 7.50. The number of likely N-dealkylation sites (tertiary alicyclic amines) is 1. The molecule has 0 unspecified atom stereocenters. The van der Waals surface area contributed by atoms with Crippen LogP contribution in [0.25, 0.3) is 5.69 Å². The molecule has 9 nitrogen and oxygen atoms in total. The highest BCUT2D eigenvalue weighted by Gasteiger charge is 2.28. The van der Waals surface area contributed by atoms with E-state index in [0.717, 1.165) is 16.9 Å². The van der Waals surface area contributed by atoms with Crippen LogP contribution in [0.15, 0.2) is 53.3 Å². The standard InChI is InChI=1S/C25H26N4O5/c1-16-7-6-8-17(2)24(16)34-19-11-13-27(14-12-19)25(31)23-22(30)15-18(3)28(26-23)20-9-4-5-10-21(20)29(32)33/h4-10,15,19H,11-14H2,1-3H3. The lowest BCUT2D eigenvalue weighted by atomic mass is 10.1. The van der Waals surface area contributed by atoms with Gasteiger partial charge in [-0.25, -0.2) is 4.68 Å². The van der Waals surface area contributed by atoms with Gasteiger partial charge in [-0.15, -0.1) is 0 Å². The average Bonchev–Trinajstić information content (AvgIpc) is 2.82. The summed E-state index contributed by atoms with van der Waals surface area (Å²) in [5.41, 5.74) is 1.81. The third-order valence-electron chi connectivity index (χ3n) is 6.04. The SMILES string of the molecule is Cc1cccc(C)c1OC1CCN(C(=O)c2nn(-c3ccccc3[N+](=O)[O-])c(C)cc2=O)CC1. The number of carbonyl (C=O) groups is 1. The number of ether oxygens (including phenoxy) is 1. The van der Waals surface area contributed by atoms with E-state index in [9.17, 15) is 19.7 Å². The van der Waals surface area contributed by atoms with Crippen LogP contribution in [0.4, 0.5) is 5.69 Å². The van der Waals surface area contributed by atoms with Gasteiger partial charge in [0.25, 0.3) is 11.6 Å². The first-order valence-electron chi connectivity index (χ1n) is 11.1. The van der Waals surface area contributed by atoms with Crippen LogP contribution >= 0.6 is 0 Å². The minimum Gasteiger partial charge on any atom is -0.490 e. The van der Waals surface area contributed by atoms with Crippen molar-refractivity contribution in [1.29, 1.82) is 0 Å². The Balaban J connectivity index is 1.54. The Labute approximate surface area is 196 Å². The van der Waals surface area contributed by atoms with Gasteiger partial charge in [0.15, 0.2) is 5.69 Å². The Kier molecular flexibility index (Phi) is 6.45. The highest BCUT2D eigenvalue weighted by atomic mass is 16.6. The van der Waals surface area contributed by atoms with Crippen LogP contribution in [-0.2, 0) is 0 Å². The van der Waals surface area contributed by atoms with Crippen molar-refractivity contribution < 1.29 is 14.5 Å². The molecular formula is C25H26N4O5. The van der Waals surface area contributed by atoms with Crippen molar-refractivity contribution in [2.45, 2.75) is 39.7 Å². The van der Waals surface area contributed by atoms with Crippen LogP contribution < -0.4 is 10.2 Å². The van der Waals surface area contributed by atoms with Gasteiger partial charge in [-0.3, -0.25) is 19.7 Å². The molecule has 1 saturated heterocycles. The minimum absolute atomic E-state index is 0.0292. The summed E-state index contributed by atoms with van der Waals surface area (Å²) in [6, 6.07) is 13.4. The molecule has 1 fully saturated rings. The molecule has 1 aromatic heterocycles. The number of piperidine rings is 1. The molecule has 0 bridgehead atoms. The van der Waals surface area contributed by atoms with Gasteiger partial charge in [-0.2, -0.15) is 5.10 Å². The molecule has 2 heterocycles. The van der Waals surface area contributed by atoms with Crippen LogP contribution in [0.5, 0.6) is 5.75 Å². The molecule has 176 valence electrons. The second kappa shape index (κ2) is 9.46. The first kappa shape index (κ1) is 23.2. The number of para-hydroxylation sites is 3. The molecule has 1 aliphatic rings. The molecule has 1 amide bonds. The number of carbonyl (C=O) groups excluding carboxylic acids is 1. The predicted octanol–water partition coefficient (Wildman–Crippen LogP) is 3.75. The average molecular weight is 463 g/mol. The van der Waals surface area contributed by atoms with Gasteiger partial charge < -0.3 is 9.64 Å². The summed E-state index contributed by atoms with van der Waals surface area (Å²) >= 11 is 0. The van der Waals surface area contributed by atoms with E-state index in [-0.39, 0.29) is 23.2 Å². The summed E-state index contributed by atoms with van der Waals surface area (Å²) in [4.78, 5) is 38.3. The van der Waals surface area contributed by atoms with E-state index in [1.807, 2.05) is 32.0 Å². The lowest BCUT2D eigenvalue weighted by Crippen LogP contribution is -2.44. The first-order chi connectivity index (χ1) is 16.3. The zero-order chi connectivity index (χ0) is 24.4. The maximum Gasteiger partial charge on any atom is 0.294 e. The van der Waals surface area contributed by atoms with Gasteiger partial charge in [0, 0.05) is 43.8 Å². The second-order valence-corrected chi connectivity index (χ2v) is 8.49. The number of hydrogen-bond acceptors (Lipinski definition) is 6. The molecule has 2 aromatic carbocycles. The smallest absolute Gasteiger partial charge is 0.294 e. The molecule has 3 aromatic rings. The van der Waals surface area contributed by atoms with E-state index < -0.39 is 16.3 Å². The Morgan fingerprint density at radius 2 is 1.71 bits per heavy atom. The monoisotopic (exact) mass is 462 g/mol. The zero-order valence-corrected chi connectivity index (χ0v) is 19.4. The van der Waals surface area contributed by atoms with Crippen molar-refractivity contribution in [3.05, 3.63) is 91.4 Å². The second-order valence-electron chi connectivity index (χ2n) is 8.49. The van der Waals surface area contributed by atoms with E-state index in [1.54, 1.807) is 24.0 Å². The fourth-order valence-corrected chi connectivity index (χ4v) is 4.22. The van der Waals surface area contributed by atoms with E-state index in [2.05, 4.69) is 5.10 Å². The molecule has 4 rings (SSSR count). The Bertz CT molecular complexity index is 1290. The molecule has 9 heteroatoms. The number of benzene rings is 2. The molecule has 34 heavy (non-hydrogen) atoms. The van der Waals surface area contributed by atoms with Crippen molar-refractivity contribution in [2.24, 2.45) is 0 Å². The molecular weight excluding hydrogens is 436 g/mol. The molecule has 0 saturated carbocycles. The van der Waals surface area contributed by atoms with E-state index in [0.29, 0.717) is 31.6 Å². The maximum atomic E-state index is 13.2. The number of rotatable bonds is 5. The van der Waals surface area contributed by atoms with Gasteiger partial charge in [-0.1, -0.05) is 30.3 Å². The fourth-order valence-electron chi connectivity index (χ4n) is 4.22. The number of aryl methyl sites for hydroxylation is 3. The number of nitro benzene ring substituents is 1. The summed E-state index contributed by atoms with van der Waals surface area (Å²) in [6.07, 6.45) is 1.23. The fraction of sp³-hybridized carbons (Fsp3) is 0.320. The molecule has 0 radical (unpaired) electrons. The summed E-state index contributed by atoms with van der Waals surface area (Å²) in [7, 11) is 0.